The fraction of sp³-hybridized carbons (Fsp3) is 0.500. The maximum Gasteiger partial charge on any atom is 0.411 e. The van der Waals surface area contributed by atoms with E-state index < -0.39 is 6.09 Å². The SMILES string of the molecule is C=C(C)[C@H]1CC(NC(=O)OC)=C(C(C)=O)C1. The highest BCUT2D eigenvalue weighted by Gasteiger charge is 2.28. The predicted octanol–water partition coefficient (Wildman–Crippen LogP) is 2.17. The number of nitrogens with one attached hydrogen (secondary N) is 1. The monoisotopic (exact) mass is 223 g/mol. The summed E-state index contributed by atoms with van der Waals surface area (Å²) in [5.41, 5.74) is 2.38. The van der Waals surface area contributed by atoms with Gasteiger partial charge in [-0.1, -0.05) is 12.2 Å². The van der Waals surface area contributed by atoms with Gasteiger partial charge in [0.25, 0.3) is 0 Å². The molecule has 0 radical (unpaired) electrons. The number of amides is 1. The Labute approximate surface area is 95.4 Å². The van der Waals surface area contributed by atoms with Crippen LogP contribution >= 0.6 is 0 Å². The summed E-state index contributed by atoms with van der Waals surface area (Å²) >= 11 is 0. The van der Waals surface area contributed by atoms with Crippen LogP contribution < -0.4 is 5.32 Å². The second kappa shape index (κ2) is 4.96. The number of methoxy groups -OCH3 is 1. The molecule has 0 unspecified atom stereocenters. The maximum atomic E-state index is 11.4. The molecule has 0 fully saturated rings. The Morgan fingerprint density at radius 2 is 2.00 bits per heavy atom. The van der Waals surface area contributed by atoms with Gasteiger partial charge >= 0.3 is 6.09 Å². The molecule has 1 rings (SSSR count). The zero-order valence-electron chi connectivity index (χ0n) is 9.92. The first-order chi connectivity index (χ1) is 7.45. The van der Waals surface area contributed by atoms with Gasteiger partial charge in [0, 0.05) is 11.3 Å². The molecule has 1 atom stereocenters. The number of rotatable bonds is 3. The topological polar surface area (TPSA) is 55.4 Å². The van der Waals surface area contributed by atoms with E-state index in [1.807, 2.05) is 6.92 Å². The van der Waals surface area contributed by atoms with Gasteiger partial charge in [-0.2, -0.15) is 0 Å². The summed E-state index contributed by atoms with van der Waals surface area (Å²) in [5.74, 6) is 0.237. The predicted molar refractivity (Wildman–Crippen MR) is 60.8 cm³/mol. The van der Waals surface area contributed by atoms with Gasteiger partial charge in [0.05, 0.1) is 7.11 Å². The average Bonchev–Trinajstić information content (AvgIpc) is 2.61. The van der Waals surface area contributed by atoms with Crippen LogP contribution in [0.1, 0.15) is 26.7 Å². The second-order valence-corrected chi connectivity index (χ2v) is 4.08. The Bertz CT molecular complexity index is 368. The van der Waals surface area contributed by atoms with E-state index in [1.54, 1.807) is 0 Å². The van der Waals surface area contributed by atoms with Crippen LogP contribution in [0.25, 0.3) is 0 Å². The fourth-order valence-electron chi connectivity index (χ4n) is 1.82. The van der Waals surface area contributed by atoms with Crippen molar-refractivity contribution in [3.8, 4) is 0 Å². The van der Waals surface area contributed by atoms with Crippen molar-refractivity contribution in [1.29, 1.82) is 0 Å². The molecule has 0 spiro atoms. The molecule has 88 valence electrons. The largest absolute Gasteiger partial charge is 0.453 e. The van der Waals surface area contributed by atoms with Crippen LogP contribution in [0.5, 0.6) is 0 Å². The first-order valence-electron chi connectivity index (χ1n) is 5.19. The summed E-state index contributed by atoms with van der Waals surface area (Å²) < 4.78 is 4.52. The Hall–Kier alpha value is -1.58. The van der Waals surface area contributed by atoms with Crippen molar-refractivity contribution < 1.29 is 14.3 Å². The Balaban J connectivity index is 2.83. The third kappa shape index (κ3) is 2.72. The summed E-state index contributed by atoms with van der Waals surface area (Å²) in [5, 5.41) is 2.60. The van der Waals surface area contributed by atoms with Gasteiger partial charge in [0.2, 0.25) is 0 Å². The van der Waals surface area contributed by atoms with E-state index in [0.717, 1.165) is 5.57 Å². The fourth-order valence-corrected chi connectivity index (χ4v) is 1.82. The first kappa shape index (κ1) is 12.5. The normalized spacial score (nSPS) is 19.6. The van der Waals surface area contributed by atoms with Gasteiger partial charge in [-0.05, 0) is 32.6 Å². The molecule has 0 aromatic carbocycles. The molecular formula is C12H17NO3. The van der Waals surface area contributed by atoms with Crippen LogP contribution in [0.3, 0.4) is 0 Å². The number of carbonyl (C=O) groups is 2. The third-order valence-corrected chi connectivity index (χ3v) is 2.83. The van der Waals surface area contributed by atoms with Gasteiger partial charge in [-0.15, -0.1) is 0 Å². The molecule has 0 aliphatic heterocycles. The number of ketones is 1. The molecule has 16 heavy (non-hydrogen) atoms. The quantitative estimate of drug-likeness (QED) is 0.746. The number of alkyl carbamates (subject to hydrolysis) is 1. The highest BCUT2D eigenvalue weighted by atomic mass is 16.5. The Morgan fingerprint density at radius 1 is 1.38 bits per heavy atom. The number of hydrogen-bond donors (Lipinski definition) is 1. The second-order valence-electron chi connectivity index (χ2n) is 4.08. The lowest BCUT2D eigenvalue weighted by molar-refractivity contribution is -0.113. The van der Waals surface area contributed by atoms with Crippen LogP contribution in [0.2, 0.25) is 0 Å². The van der Waals surface area contributed by atoms with Crippen molar-refractivity contribution in [2.45, 2.75) is 26.7 Å². The van der Waals surface area contributed by atoms with E-state index >= 15 is 0 Å². The Morgan fingerprint density at radius 3 is 2.44 bits per heavy atom. The van der Waals surface area contributed by atoms with Crippen molar-refractivity contribution in [2.24, 2.45) is 5.92 Å². The lowest BCUT2D eigenvalue weighted by Crippen LogP contribution is -2.23. The third-order valence-electron chi connectivity index (χ3n) is 2.83. The van der Waals surface area contributed by atoms with Gasteiger partial charge in [0.15, 0.2) is 5.78 Å². The lowest BCUT2D eigenvalue weighted by Gasteiger charge is -2.09. The highest BCUT2D eigenvalue weighted by Crippen LogP contribution is 2.34. The molecule has 0 heterocycles. The zero-order chi connectivity index (χ0) is 12.3. The number of hydrogen-bond acceptors (Lipinski definition) is 3. The van der Waals surface area contributed by atoms with E-state index in [1.165, 1.54) is 14.0 Å². The molecule has 4 heteroatoms. The molecule has 0 saturated carbocycles. The average molecular weight is 223 g/mol. The number of Topliss-reactive ketones (excluding diaryl/α,β-unsaturated/α-hetero) is 1. The van der Waals surface area contributed by atoms with Gasteiger partial charge in [-0.25, -0.2) is 4.79 Å². The van der Waals surface area contributed by atoms with Crippen LogP contribution in [0.4, 0.5) is 4.79 Å². The molecule has 1 amide bonds. The van der Waals surface area contributed by atoms with Crippen LogP contribution in [-0.2, 0) is 9.53 Å². The molecule has 0 saturated heterocycles. The van der Waals surface area contributed by atoms with Gasteiger partial charge < -0.3 is 4.74 Å². The van der Waals surface area contributed by atoms with Crippen molar-refractivity contribution in [3.63, 3.8) is 0 Å². The van der Waals surface area contributed by atoms with E-state index in [0.29, 0.717) is 24.1 Å². The van der Waals surface area contributed by atoms with Crippen molar-refractivity contribution >= 4 is 11.9 Å². The van der Waals surface area contributed by atoms with E-state index in [2.05, 4.69) is 16.6 Å². The Kier molecular flexibility index (Phi) is 3.88. The minimum Gasteiger partial charge on any atom is -0.453 e. The van der Waals surface area contributed by atoms with Crippen molar-refractivity contribution in [2.75, 3.05) is 7.11 Å². The van der Waals surface area contributed by atoms with E-state index in [-0.39, 0.29) is 11.7 Å². The minimum atomic E-state index is -0.531. The molecule has 0 aromatic rings. The molecular weight excluding hydrogens is 206 g/mol. The summed E-state index contributed by atoms with van der Waals surface area (Å²) in [6.45, 7) is 7.33. The zero-order valence-corrected chi connectivity index (χ0v) is 9.92. The number of carbonyl (C=O) groups excluding carboxylic acids is 2. The molecule has 4 nitrogen and oxygen atoms in total. The number of allylic oxidation sites excluding steroid dienone is 3. The molecule has 0 aromatic heterocycles. The minimum absolute atomic E-state index is 0.00449. The van der Waals surface area contributed by atoms with Crippen LogP contribution in [-0.4, -0.2) is 19.0 Å². The summed E-state index contributed by atoms with van der Waals surface area (Å²) in [6, 6.07) is 0. The van der Waals surface area contributed by atoms with Crippen LogP contribution in [0, 0.1) is 5.92 Å². The molecule has 1 aliphatic rings. The highest BCUT2D eigenvalue weighted by molar-refractivity contribution is 5.95. The molecule has 1 aliphatic carbocycles. The first-order valence-corrected chi connectivity index (χ1v) is 5.19. The van der Waals surface area contributed by atoms with Gasteiger partial charge in [-0.3, -0.25) is 10.1 Å². The van der Waals surface area contributed by atoms with E-state index in [9.17, 15) is 9.59 Å². The molecule has 0 bridgehead atoms. The van der Waals surface area contributed by atoms with Crippen molar-refractivity contribution in [3.05, 3.63) is 23.4 Å². The van der Waals surface area contributed by atoms with Crippen LogP contribution in [0.15, 0.2) is 23.4 Å². The summed E-state index contributed by atoms with van der Waals surface area (Å²) in [6.07, 6.45) is 0.777. The maximum absolute atomic E-state index is 11.4. The standard InChI is InChI=1S/C12H17NO3/c1-7(2)9-5-10(8(3)14)11(6-9)13-12(15)16-4/h9H,1,5-6H2,2-4H3,(H,13,15)/t9-/m1/s1. The molecule has 1 N–H and O–H groups in total. The smallest absolute Gasteiger partial charge is 0.411 e. The summed E-state index contributed by atoms with van der Waals surface area (Å²) in [7, 11) is 1.30. The van der Waals surface area contributed by atoms with Crippen molar-refractivity contribution in [1.82, 2.24) is 5.32 Å². The summed E-state index contributed by atoms with van der Waals surface area (Å²) in [4.78, 5) is 22.5. The van der Waals surface area contributed by atoms with Gasteiger partial charge in [0.1, 0.15) is 0 Å². The van der Waals surface area contributed by atoms with E-state index in [4.69, 9.17) is 0 Å². The lowest BCUT2D eigenvalue weighted by atomic mass is 9.97. The number of ether oxygens (including phenoxy) is 1.